The lowest BCUT2D eigenvalue weighted by Crippen LogP contribution is -2.49. The Morgan fingerprint density at radius 2 is 1.79 bits per heavy atom. The first kappa shape index (κ1) is 21.9. The van der Waals surface area contributed by atoms with Crippen LogP contribution in [0.4, 0.5) is 0 Å². The molecule has 4 aromatic rings. The molecule has 1 atom stereocenters. The molecular formula is C24H25N5O2S2. The Kier molecular flexibility index (Phi) is 6.09. The molecular weight excluding hydrogens is 454 g/mol. The minimum absolute atomic E-state index is 0.00992. The number of piperazine rings is 1. The fourth-order valence-electron chi connectivity index (χ4n) is 3.94. The molecule has 0 spiro atoms. The number of benzene rings is 1. The highest BCUT2D eigenvalue weighted by Crippen LogP contribution is 2.31. The Balaban J connectivity index is 1.22. The van der Waals surface area contributed by atoms with Crippen molar-refractivity contribution in [3.63, 3.8) is 0 Å². The Hall–Kier alpha value is -2.88. The molecule has 33 heavy (non-hydrogen) atoms. The average molecular weight is 480 g/mol. The first-order valence-corrected chi connectivity index (χ1v) is 12.7. The molecule has 0 N–H and O–H groups in total. The first-order valence-electron chi connectivity index (χ1n) is 10.9. The van der Waals surface area contributed by atoms with Gasteiger partial charge in [-0.1, -0.05) is 35.0 Å². The van der Waals surface area contributed by atoms with Crippen molar-refractivity contribution in [1.29, 1.82) is 0 Å². The van der Waals surface area contributed by atoms with E-state index in [-0.39, 0.29) is 11.9 Å². The molecule has 1 amide bonds. The third-order valence-electron chi connectivity index (χ3n) is 6.02. The summed E-state index contributed by atoms with van der Waals surface area (Å²) < 4.78 is 5.57. The SMILES string of the molecule is Cc1ccc(-c2noc(C(C)N3CCN(C(=O)c4sc(-c5ccsc5)nc4C)CC3)n2)cc1. The van der Waals surface area contributed by atoms with Crippen LogP contribution in [0.3, 0.4) is 0 Å². The maximum Gasteiger partial charge on any atom is 0.265 e. The summed E-state index contributed by atoms with van der Waals surface area (Å²) in [4.78, 5) is 27.4. The molecule has 0 aliphatic carbocycles. The molecule has 9 heteroatoms. The van der Waals surface area contributed by atoms with Crippen LogP contribution >= 0.6 is 22.7 Å². The first-order chi connectivity index (χ1) is 16.0. The van der Waals surface area contributed by atoms with E-state index >= 15 is 0 Å². The van der Waals surface area contributed by atoms with E-state index in [4.69, 9.17) is 4.52 Å². The topological polar surface area (TPSA) is 75.4 Å². The minimum Gasteiger partial charge on any atom is -0.337 e. The van der Waals surface area contributed by atoms with Gasteiger partial charge < -0.3 is 9.42 Å². The summed E-state index contributed by atoms with van der Waals surface area (Å²) in [5, 5.41) is 9.17. The van der Waals surface area contributed by atoms with Gasteiger partial charge in [0, 0.05) is 42.7 Å². The van der Waals surface area contributed by atoms with Gasteiger partial charge in [-0.05, 0) is 32.2 Å². The fraction of sp³-hybridized carbons (Fsp3) is 0.333. The monoisotopic (exact) mass is 479 g/mol. The third-order valence-corrected chi connectivity index (χ3v) is 7.89. The van der Waals surface area contributed by atoms with Crippen LogP contribution < -0.4 is 0 Å². The van der Waals surface area contributed by atoms with E-state index in [1.807, 2.05) is 47.5 Å². The second-order valence-corrected chi connectivity index (χ2v) is 10.1. The summed E-state index contributed by atoms with van der Waals surface area (Å²) in [6.45, 7) is 8.87. The molecule has 1 aliphatic heterocycles. The zero-order valence-electron chi connectivity index (χ0n) is 18.8. The largest absolute Gasteiger partial charge is 0.337 e. The number of aryl methyl sites for hydroxylation is 2. The molecule has 7 nitrogen and oxygen atoms in total. The smallest absolute Gasteiger partial charge is 0.265 e. The van der Waals surface area contributed by atoms with Crippen LogP contribution in [0.25, 0.3) is 22.0 Å². The summed E-state index contributed by atoms with van der Waals surface area (Å²) in [7, 11) is 0. The molecule has 1 unspecified atom stereocenters. The Morgan fingerprint density at radius 3 is 2.48 bits per heavy atom. The zero-order valence-corrected chi connectivity index (χ0v) is 20.4. The summed E-state index contributed by atoms with van der Waals surface area (Å²) in [6.07, 6.45) is 0. The number of amides is 1. The van der Waals surface area contributed by atoms with Crippen LogP contribution in [-0.4, -0.2) is 57.0 Å². The molecule has 170 valence electrons. The molecule has 1 fully saturated rings. The van der Waals surface area contributed by atoms with Gasteiger partial charge in [-0.2, -0.15) is 16.3 Å². The van der Waals surface area contributed by atoms with E-state index in [2.05, 4.69) is 39.3 Å². The lowest BCUT2D eigenvalue weighted by Gasteiger charge is -2.36. The lowest BCUT2D eigenvalue weighted by molar-refractivity contribution is 0.0555. The van der Waals surface area contributed by atoms with E-state index in [1.54, 1.807) is 11.3 Å². The second kappa shape index (κ2) is 9.17. The van der Waals surface area contributed by atoms with Crippen LogP contribution in [0.1, 0.15) is 39.8 Å². The van der Waals surface area contributed by atoms with Crippen molar-refractivity contribution in [3.8, 4) is 22.0 Å². The molecule has 1 aromatic carbocycles. The summed E-state index contributed by atoms with van der Waals surface area (Å²) in [6, 6.07) is 10.1. The van der Waals surface area contributed by atoms with E-state index in [0.717, 1.165) is 39.8 Å². The minimum atomic E-state index is -0.00992. The number of hydrogen-bond donors (Lipinski definition) is 0. The van der Waals surface area contributed by atoms with Crippen molar-refractivity contribution in [2.75, 3.05) is 26.2 Å². The Bertz CT molecular complexity index is 1240. The predicted molar refractivity (Wildman–Crippen MR) is 131 cm³/mol. The van der Waals surface area contributed by atoms with Crippen LogP contribution in [-0.2, 0) is 0 Å². The van der Waals surface area contributed by atoms with Crippen molar-refractivity contribution in [1.82, 2.24) is 24.9 Å². The van der Waals surface area contributed by atoms with Gasteiger partial charge in [0.15, 0.2) is 0 Å². The molecule has 1 aliphatic rings. The van der Waals surface area contributed by atoms with Gasteiger partial charge >= 0.3 is 0 Å². The van der Waals surface area contributed by atoms with Gasteiger partial charge in [-0.25, -0.2) is 4.98 Å². The quantitative estimate of drug-likeness (QED) is 0.398. The lowest BCUT2D eigenvalue weighted by atomic mass is 10.1. The summed E-state index contributed by atoms with van der Waals surface area (Å²) in [5.41, 5.74) is 4.02. The highest BCUT2D eigenvalue weighted by Gasteiger charge is 2.29. The molecule has 3 aromatic heterocycles. The van der Waals surface area contributed by atoms with Crippen molar-refractivity contribution < 1.29 is 9.32 Å². The highest BCUT2D eigenvalue weighted by molar-refractivity contribution is 7.17. The summed E-state index contributed by atoms with van der Waals surface area (Å²) >= 11 is 3.12. The van der Waals surface area contributed by atoms with Gasteiger partial charge in [0.2, 0.25) is 11.7 Å². The molecule has 1 saturated heterocycles. The second-order valence-electron chi connectivity index (χ2n) is 8.27. The molecule has 5 rings (SSSR count). The molecule has 4 heterocycles. The van der Waals surface area contributed by atoms with Crippen molar-refractivity contribution in [2.45, 2.75) is 26.8 Å². The normalized spacial score (nSPS) is 15.7. The number of thiazole rings is 1. The van der Waals surface area contributed by atoms with Crippen LogP contribution in [0, 0.1) is 13.8 Å². The number of thiophene rings is 1. The fourth-order valence-corrected chi connectivity index (χ4v) is 5.69. The highest BCUT2D eigenvalue weighted by atomic mass is 32.1. The van der Waals surface area contributed by atoms with Crippen LogP contribution in [0.15, 0.2) is 45.6 Å². The maximum atomic E-state index is 13.2. The number of aromatic nitrogens is 3. The molecule has 0 bridgehead atoms. The number of hydrogen-bond acceptors (Lipinski definition) is 8. The zero-order chi connectivity index (χ0) is 22.9. The number of carbonyl (C=O) groups is 1. The number of rotatable bonds is 5. The van der Waals surface area contributed by atoms with Gasteiger partial charge in [0.05, 0.1) is 11.7 Å². The average Bonchev–Trinajstić information content (AvgIpc) is 3.60. The van der Waals surface area contributed by atoms with Crippen molar-refractivity contribution in [3.05, 3.63) is 63.1 Å². The van der Waals surface area contributed by atoms with Crippen LogP contribution in [0.5, 0.6) is 0 Å². The van der Waals surface area contributed by atoms with E-state index in [9.17, 15) is 4.79 Å². The van der Waals surface area contributed by atoms with E-state index in [0.29, 0.717) is 24.8 Å². The maximum absolute atomic E-state index is 13.2. The molecule has 0 saturated carbocycles. The Labute approximate surface area is 200 Å². The van der Waals surface area contributed by atoms with Crippen LogP contribution in [0.2, 0.25) is 0 Å². The Morgan fingerprint density at radius 1 is 1.03 bits per heavy atom. The number of nitrogens with zero attached hydrogens (tertiary/aromatic N) is 5. The van der Waals surface area contributed by atoms with Gasteiger partial charge in [-0.15, -0.1) is 11.3 Å². The van der Waals surface area contributed by atoms with Crippen molar-refractivity contribution in [2.24, 2.45) is 0 Å². The standard InChI is InChI=1S/C24H25N5O2S2/c1-15-4-6-18(7-5-15)21-26-22(31-27-21)17(3)28-9-11-29(12-10-28)24(30)20-16(2)25-23(33-20)19-8-13-32-14-19/h4-8,13-14,17H,9-12H2,1-3H3. The van der Waals surface area contributed by atoms with E-state index < -0.39 is 0 Å². The predicted octanol–water partition coefficient (Wildman–Crippen LogP) is 5.06. The molecule has 0 radical (unpaired) electrons. The van der Waals surface area contributed by atoms with E-state index in [1.165, 1.54) is 16.9 Å². The van der Waals surface area contributed by atoms with Gasteiger partial charge in [0.1, 0.15) is 9.88 Å². The van der Waals surface area contributed by atoms with Gasteiger partial charge in [-0.3, -0.25) is 9.69 Å². The summed E-state index contributed by atoms with van der Waals surface area (Å²) in [5.74, 6) is 1.27. The van der Waals surface area contributed by atoms with Gasteiger partial charge in [0.25, 0.3) is 5.91 Å². The number of carbonyl (C=O) groups excluding carboxylic acids is 1. The van der Waals surface area contributed by atoms with Crippen molar-refractivity contribution >= 4 is 28.6 Å². The third kappa shape index (κ3) is 4.48.